The van der Waals surface area contributed by atoms with Crippen LogP contribution >= 0.6 is 0 Å². The van der Waals surface area contributed by atoms with E-state index >= 15 is 0 Å². The molecule has 0 unspecified atom stereocenters. The summed E-state index contributed by atoms with van der Waals surface area (Å²) in [6.07, 6.45) is 4.35. The van der Waals surface area contributed by atoms with Gasteiger partial charge >= 0.3 is 0 Å². The average molecular weight is 902 g/mol. The molecule has 338 valence electrons. The molecule has 0 radical (unpaired) electrons. The summed E-state index contributed by atoms with van der Waals surface area (Å²) in [6.45, 7) is 10.7. The van der Waals surface area contributed by atoms with E-state index in [0.717, 1.165) is 56.7 Å². The van der Waals surface area contributed by atoms with E-state index in [1.165, 1.54) is 65.7 Å². The molecule has 11 aromatic rings. The first kappa shape index (κ1) is 43.9. The number of hydrogen-bond donors (Lipinski definition) is 0. The molecular formula is C67H55N3. The lowest BCUT2D eigenvalue weighted by atomic mass is 9.92. The van der Waals surface area contributed by atoms with Crippen LogP contribution in [0.2, 0.25) is 0 Å². The lowest BCUT2D eigenvalue weighted by Gasteiger charge is -2.28. The fourth-order valence-corrected chi connectivity index (χ4v) is 9.69. The van der Waals surface area contributed by atoms with Crippen molar-refractivity contribution >= 4 is 95.7 Å². The number of rotatable bonds is 11. The van der Waals surface area contributed by atoms with Crippen LogP contribution in [0.3, 0.4) is 0 Å². The van der Waals surface area contributed by atoms with Crippen LogP contribution in [0.1, 0.15) is 38.9 Å². The first-order valence-electron chi connectivity index (χ1n) is 24.2. The Labute approximate surface area is 412 Å². The topological polar surface area (TPSA) is 9.72 Å². The molecule has 11 rings (SSSR count). The number of aryl methyl sites for hydroxylation is 5. The molecule has 0 amide bonds. The first-order chi connectivity index (χ1) is 34.2. The van der Waals surface area contributed by atoms with Crippen LogP contribution in [-0.4, -0.2) is 0 Å². The Hall–Kier alpha value is -8.66. The monoisotopic (exact) mass is 901 g/mol. The van der Waals surface area contributed by atoms with Gasteiger partial charge in [-0.3, -0.25) is 0 Å². The summed E-state index contributed by atoms with van der Waals surface area (Å²) in [5, 5.41) is 7.19. The van der Waals surface area contributed by atoms with Crippen LogP contribution in [0.4, 0.5) is 51.2 Å². The number of fused-ring (bicyclic) bond motifs is 6. The Morgan fingerprint density at radius 2 is 0.443 bits per heavy atom. The Kier molecular flexibility index (Phi) is 11.8. The van der Waals surface area contributed by atoms with Gasteiger partial charge in [0, 0.05) is 51.2 Å². The van der Waals surface area contributed by atoms with Crippen molar-refractivity contribution in [2.75, 3.05) is 14.7 Å². The molecule has 0 atom stereocenters. The highest BCUT2D eigenvalue weighted by atomic mass is 15.2. The summed E-state index contributed by atoms with van der Waals surface area (Å²) in [7, 11) is 0. The van der Waals surface area contributed by atoms with Crippen LogP contribution in [-0.2, 0) is 0 Å². The van der Waals surface area contributed by atoms with Gasteiger partial charge in [0.05, 0.1) is 0 Å². The maximum atomic E-state index is 2.40. The maximum Gasteiger partial charge on any atom is 0.0468 e. The van der Waals surface area contributed by atoms with E-state index < -0.39 is 0 Å². The molecule has 0 heterocycles. The van der Waals surface area contributed by atoms with Gasteiger partial charge in [-0.15, -0.1) is 0 Å². The molecule has 11 aromatic carbocycles. The van der Waals surface area contributed by atoms with Crippen LogP contribution < -0.4 is 14.7 Å². The van der Waals surface area contributed by atoms with Crippen molar-refractivity contribution in [3.63, 3.8) is 0 Å². The highest BCUT2D eigenvalue weighted by Gasteiger charge is 2.20. The largest absolute Gasteiger partial charge is 0.310 e. The van der Waals surface area contributed by atoms with Gasteiger partial charge in [-0.25, -0.2) is 0 Å². The van der Waals surface area contributed by atoms with Gasteiger partial charge < -0.3 is 14.7 Å². The molecule has 0 aliphatic rings. The molecule has 0 fully saturated rings. The third-order valence-corrected chi connectivity index (χ3v) is 13.5. The van der Waals surface area contributed by atoms with Crippen molar-refractivity contribution in [3.8, 4) is 0 Å². The minimum Gasteiger partial charge on any atom is -0.310 e. The fraction of sp³-hybridized carbons (Fsp3) is 0.0746. The third kappa shape index (κ3) is 8.82. The van der Waals surface area contributed by atoms with Gasteiger partial charge in [0.25, 0.3) is 0 Å². The SMILES string of the molecule is Cc1ccc(N(c2ccc(C)cc2)c2ccc3c(c2)c2ccc(N(c4ccc(C)cc4)c4ccc(C)cc4)cc2c2ccc(N(c4ccc(C)cc4)c4ccc(C=Cc5ccccc5)cc4)cc32)cc1. The van der Waals surface area contributed by atoms with Crippen molar-refractivity contribution in [2.45, 2.75) is 34.6 Å². The van der Waals surface area contributed by atoms with Crippen molar-refractivity contribution in [1.82, 2.24) is 0 Å². The van der Waals surface area contributed by atoms with Crippen molar-refractivity contribution in [2.24, 2.45) is 0 Å². The van der Waals surface area contributed by atoms with E-state index in [1.54, 1.807) is 0 Å². The number of anilines is 9. The minimum atomic E-state index is 1.09. The molecule has 70 heavy (non-hydrogen) atoms. The van der Waals surface area contributed by atoms with Crippen molar-refractivity contribution in [1.29, 1.82) is 0 Å². The summed E-state index contributed by atoms with van der Waals surface area (Å²) in [4.78, 5) is 7.15. The second-order valence-electron chi connectivity index (χ2n) is 18.7. The molecular weight excluding hydrogens is 847 g/mol. The molecule has 0 spiro atoms. The van der Waals surface area contributed by atoms with Crippen molar-refractivity contribution < 1.29 is 0 Å². The second kappa shape index (κ2) is 18.8. The third-order valence-electron chi connectivity index (χ3n) is 13.5. The number of nitrogens with zero attached hydrogens (tertiary/aromatic N) is 3. The molecule has 0 saturated carbocycles. The summed E-state index contributed by atoms with van der Waals surface area (Å²) in [5.74, 6) is 0. The van der Waals surface area contributed by atoms with Gasteiger partial charge in [-0.2, -0.15) is 0 Å². The smallest absolute Gasteiger partial charge is 0.0468 e. The molecule has 0 aliphatic heterocycles. The van der Waals surface area contributed by atoms with Crippen LogP contribution in [0, 0.1) is 34.6 Å². The minimum absolute atomic E-state index is 1.09. The zero-order valence-electron chi connectivity index (χ0n) is 40.4. The Bertz CT molecular complexity index is 3430. The van der Waals surface area contributed by atoms with Gasteiger partial charge in [0.2, 0.25) is 0 Å². The summed E-state index contributed by atoms with van der Waals surface area (Å²) < 4.78 is 0. The first-order valence-corrected chi connectivity index (χ1v) is 24.2. The highest BCUT2D eigenvalue weighted by Crippen LogP contribution is 2.46. The van der Waals surface area contributed by atoms with Gasteiger partial charge in [0.1, 0.15) is 0 Å². The normalized spacial score (nSPS) is 11.4. The van der Waals surface area contributed by atoms with Crippen LogP contribution in [0.15, 0.2) is 231 Å². The molecule has 3 heteroatoms. The quantitative estimate of drug-likeness (QED) is 0.0946. The van der Waals surface area contributed by atoms with E-state index in [9.17, 15) is 0 Å². The standard InChI is InChI=1S/C67H55N3/c1-46-11-25-53(26-12-46)68(54-27-13-47(2)14-28-54)59-37-40-62-65-43-60(69(55-29-15-48(3)16-30-55)56-31-17-49(4)18-32-56)38-41-63(65)67-45-61(39-42-64(67)66(62)44-59)70(57-33-19-50(5)20-34-57)58-35-23-52(24-36-58)22-21-51-9-7-6-8-10-51/h6-45H,1-5H3. The predicted molar refractivity (Wildman–Crippen MR) is 302 cm³/mol. The fourth-order valence-electron chi connectivity index (χ4n) is 9.69. The maximum absolute atomic E-state index is 2.40. The lowest BCUT2D eigenvalue weighted by Crippen LogP contribution is -2.11. The van der Waals surface area contributed by atoms with Crippen LogP contribution in [0.5, 0.6) is 0 Å². The summed E-state index contributed by atoms with van der Waals surface area (Å²) in [6, 6.07) is 84.8. The molecule has 0 aliphatic carbocycles. The Morgan fingerprint density at radius 3 is 0.714 bits per heavy atom. The van der Waals surface area contributed by atoms with E-state index in [0.29, 0.717) is 0 Å². The molecule has 0 aromatic heterocycles. The van der Waals surface area contributed by atoms with Crippen LogP contribution in [0.25, 0.3) is 44.5 Å². The zero-order valence-corrected chi connectivity index (χ0v) is 40.4. The van der Waals surface area contributed by atoms with Gasteiger partial charge in [-0.05, 0) is 187 Å². The lowest BCUT2D eigenvalue weighted by molar-refractivity contribution is 1.27. The highest BCUT2D eigenvalue weighted by molar-refractivity contribution is 6.27. The average Bonchev–Trinajstić information content (AvgIpc) is 3.39. The van der Waals surface area contributed by atoms with E-state index in [2.05, 4.69) is 292 Å². The molecule has 0 N–H and O–H groups in total. The zero-order chi connectivity index (χ0) is 47.7. The second-order valence-corrected chi connectivity index (χ2v) is 18.7. The van der Waals surface area contributed by atoms with E-state index in [1.807, 2.05) is 0 Å². The van der Waals surface area contributed by atoms with Gasteiger partial charge in [-0.1, -0.05) is 161 Å². The Balaban J connectivity index is 1.14. The predicted octanol–water partition coefficient (Wildman–Crippen LogP) is 19.3. The van der Waals surface area contributed by atoms with E-state index in [4.69, 9.17) is 0 Å². The number of benzene rings is 11. The Morgan fingerprint density at radius 1 is 0.214 bits per heavy atom. The van der Waals surface area contributed by atoms with Crippen molar-refractivity contribution in [3.05, 3.63) is 269 Å². The number of hydrogen-bond acceptors (Lipinski definition) is 3. The molecule has 0 bridgehead atoms. The molecule has 3 nitrogen and oxygen atoms in total. The summed E-state index contributed by atoms with van der Waals surface area (Å²) in [5.41, 5.74) is 18.4. The molecule has 0 saturated heterocycles. The van der Waals surface area contributed by atoms with E-state index in [-0.39, 0.29) is 0 Å². The summed E-state index contributed by atoms with van der Waals surface area (Å²) >= 11 is 0. The van der Waals surface area contributed by atoms with Gasteiger partial charge in [0.15, 0.2) is 0 Å².